The SMILES string of the molecule is C=CCOc1ccc(CN(C)C(=O)c2oc3ccccc3c2CSC)cc1. The Morgan fingerprint density at radius 2 is 1.96 bits per heavy atom. The Balaban J connectivity index is 1.78. The molecule has 1 aromatic heterocycles. The first kappa shape index (κ1) is 19.1. The van der Waals surface area contributed by atoms with Gasteiger partial charge in [-0.2, -0.15) is 11.8 Å². The minimum atomic E-state index is -0.109. The molecule has 3 aromatic rings. The number of thioether (sulfide) groups is 1. The molecule has 4 nitrogen and oxygen atoms in total. The van der Waals surface area contributed by atoms with Gasteiger partial charge < -0.3 is 14.1 Å². The van der Waals surface area contributed by atoms with Crippen molar-refractivity contribution >= 4 is 28.6 Å². The van der Waals surface area contributed by atoms with Crippen LogP contribution in [0.2, 0.25) is 0 Å². The molecule has 0 saturated carbocycles. The molecule has 27 heavy (non-hydrogen) atoms. The molecule has 0 radical (unpaired) electrons. The number of hydrogen-bond donors (Lipinski definition) is 0. The van der Waals surface area contributed by atoms with E-state index in [2.05, 4.69) is 6.58 Å². The van der Waals surface area contributed by atoms with Gasteiger partial charge in [0.25, 0.3) is 5.91 Å². The highest BCUT2D eigenvalue weighted by Gasteiger charge is 2.23. The molecular formula is C22H23NO3S. The molecule has 0 atom stereocenters. The van der Waals surface area contributed by atoms with Gasteiger partial charge in [0.1, 0.15) is 17.9 Å². The van der Waals surface area contributed by atoms with Crippen molar-refractivity contribution in [1.29, 1.82) is 0 Å². The molecular weight excluding hydrogens is 358 g/mol. The van der Waals surface area contributed by atoms with Gasteiger partial charge in [0, 0.05) is 30.3 Å². The van der Waals surface area contributed by atoms with Gasteiger partial charge in [0.05, 0.1) is 0 Å². The van der Waals surface area contributed by atoms with E-state index in [1.165, 1.54) is 0 Å². The number of para-hydroxylation sites is 1. The molecule has 0 aliphatic carbocycles. The highest BCUT2D eigenvalue weighted by atomic mass is 32.2. The maximum Gasteiger partial charge on any atom is 0.289 e. The largest absolute Gasteiger partial charge is 0.490 e. The zero-order valence-corrected chi connectivity index (χ0v) is 16.4. The summed E-state index contributed by atoms with van der Waals surface area (Å²) in [7, 11) is 1.79. The number of hydrogen-bond acceptors (Lipinski definition) is 4. The van der Waals surface area contributed by atoms with Crippen LogP contribution in [0, 0.1) is 0 Å². The van der Waals surface area contributed by atoms with E-state index < -0.39 is 0 Å². The Bertz CT molecular complexity index is 930. The third-order valence-electron chi connectivity index (χ3n) is 4.24. The van der Waals surface area contributed by atoms with Crippen molar-refractivity contribution in [3.8, 4) is 5.75 Å². The quantitative estimate of drug-likeness (QED) is 0.507. The molecule has 0 saturated heterocycles. The minimum Gasteiger partial charge on any atom is -0.490 e. The van der Waals surface area contributed by atoms with Crippen molar-refractivity contribution in [2.75, 3.05) is 19.9 Å². The van der Waals surface area contributed by atoms with Crippen LogP contribution < -0.4 is 4.74 Å². The fourth-order valence-corrected chi connectivity index (χ4v) is 3.50. The lowest BCUT2D eigenvalue weighted by molar-refractivity contribution is 0.0754. The lowest BCUT2D eigenvalue weighted by Gasteiger charge is -2.17. The fourth-order valence-electron chi connectivity index (χ4n) is 2.92. The van der Waals surface area contributed by atoms with Crippen molar-refractivity contribution in [2.24, 2.45) is 0 Å². The normalized spacial score (nSPS) is 10.7. The van der Waals surface area contributed by atoms with Crippen LogP contribution in [0.5, 0.6) is 5.75 Å². The summed E-state index contributed by atoms with van der Waals surface area (Å²) in [6.45, 7) is 4.61. The van der Waals surface area contributed by atoms with E-state index >= 15 is 0 Å². The Morgan fingerprint density at radius 3 is 2.67 bits per heavy atom. The van der Waals surface area contributed by atoms with Crippen LogP contribution in [-0.2, 0) is 12.3 Å². The Hall–Kier alpha value is -2.66. The van der Waals surface area contributed by atoms with Crippen LogP contribution in [-0.4, -0.2) is 30.7 Å². The molecule has 140 valence electrons. The molecule has 5 heteroatoms. The van der Waals surface area contributed by atoms with Gasteiger partial charge in [-0.05, 0) is 30.0 Å². The maximum absolute atomic E-state index is 13.0. The molecule has 0 unspecified atom stereocenters. The van der Waals surface area contributed by atoms with Crippen molar-refractivity contribution in [3.05, 3.63) is 78.1 Å². The average Bonchev–Trinajstić information content (AvgIpc) is 3.06. The zero-order chi connectivity index (χ0) is 19.2. The third kappa shape index (κ3) is 4.37. The number of carbonyl (C=O) groups excluding carboxylic acids is 1. The molecule has 0 N–H and O–H groups in total. The molecule has 0 bridgehead atoms. The number of fused-ring (bicyclic) bond motifs is 1. The summed E-state index contributed by atoms with van der Waals surface area (Å²) in [6, 6.07) is 15.5. The average molecular weight is 381 g/mol. The molecule has 2 aromatic carbocycles. The van der Waals surface area contributed by atoms with Gasteiger partial charge in [-0.15, -0.1) is 0 Å². The number of benzene rings is 2. The van der Waals surface area contributed by atoms with Crippen LogP contribution in [0.3, 0.4) is 0 Å². The first-order valence-electron chi connectivity index (χ1n) is 8.71. The van der Waals surface area contributed by atoms with Crippen LogP contribution in [0.1, 0.15) is 21.7 Å². The first-order chi connectivity index (χ1) is 13.1. The van der Waals surface area contributed by atoms with Crippen LogP contribution >= 0.6 is 11.8 Å². The van der Waals surface area contributed by atoms with Gasteiger partial charge in [-0.1, -0.05) is 43.0 Å². The van der Waals surface area contributed by atoms with Crippen LogP contribution in [0.15, 0.2) is 65.6 Å². The molecule has 0 spiro atoms. The summed E-state index contributed by atoms with van der Waals surface area (Å²) in [5.74, 6) is 1.84. The van der Waals surface area contributed by atoms with Crippen molar-refractivity contribution in [2.45, 2.75) is 12.3 Å². The van der Waals surface area contributed by atoms with E-state index in [-0.39, 0.29) is 5.91 Å². The maximum atomic E-state index is 13.0. The lowest BCUT2D eigenvalue weighted by atomic mass is 10.1. The van der Waals surface area contributed by atoms with Crippen molar-refractivity contribution in [3.63, 3.8) is 0 Å². The van der Waals surface area contributed by atoms with Crippen molar-refractivity contribution in [1.82, 2.24) is 4.90 Å². The van der Waals surface area contributed by atoms with E-state index in [0.717, 1.165) is 33.6 Å². The number of furan rings is 1. The molecule has 0 fully saturated rings. The predicted octanol–water partition coefficient (Wildman–Crippen LogP) is 5.13. The number of amides is 1. The Kier molecular flexibility index (Phi) is 6.24. The molecule has 1 heterocycles. The second-order valence-corrected chi connectivity index (χ2v) is 7.11. The van der Waals surface area contributed by atoms with Gasteiger partial charge in [-0.3, -0.25) is 4.79 Å². The Labute approximate surface area is 163 Å². The number of nitrogens with zero attached hydrogens (tertiary/aromatic N) is 1. The number of ether oxygens (including phenoxy) is 1. The standard InChI is InChI=1S/C22H23NO3S/c1-4-13-25-17-11-9-16(10-12-17)14-23(2)22(24)21-19(15-27-3)18-7-5-6-8-20(18)26-21/h4-12H,1,13-15H2,2-3H3. The highest BCUT2D eigenvalue weighted by molar-refractivity contribution is 7.97. The highest BCUT2D eigenvalue weighted by Crippen LogP contribution is 2.29. The lowest BCUT2D eigenvalue weighted by Crippen LogP contribution is -2.26. The van der Waals surface area contributed by atoms with Crippen LogP contribution in [0.4, 0.5) is 0 Å². The minimum absolute atomic E-state index is 0.109. The number of carbonyl (C=O) groups is 1. The van der Waals surface area contributed by atoms with E-state index in [0.29, 0.717) is 18.9 Å². The summed E-state index contributed by atoms with van der Waals surface area (Å²) in [5.41, 5.74) is 2.74. The monoisotopic (exact) mass is 381 g/mol. The smallest absolute Gasteiger partial charge is 0.289 e. The Morgan fingerprint density at radius 1 is 1.22 bits per heavy atom. The summed E-state index contributed by atoms with van der Waals surface area (Å²) in [4.78, 5) is 14.7. The van der Waals surface area contributed by atoms with E-state index in [1.807, 2.05) is 54.8 Å². The molecule has 0 aliphatic rings. The van der Waals surface area contributed by atoms with Gasteiger partial charge in [-0.25, -0.2) is 0 Å². The summed E-state index contributed by atoms with van der Waals surface area (Å²) in [5, 5.41) is 1.01. The van der Waals surface area contributed by atoms with Gasteiger partial charge >= 0.3 is 0 Å². The van der Waals surface area contributed by atoms with E-state index in [9.17, 15) is 4.79 Å². The van der Waals surface area contributed by atoms with Gasteiger partial charge in [0.2, 0.25) is 0 Å². The summed E-state index contributed by atoms with van der Waals surface area (Å²) in [6.07, 6.45) is 3.73. The third-order valence-corrected chi connectivity index (χ3v) is 4.82. The number of rotatable bonds is 8. The predicted molar refractivity (Wildman–Crippen MR) is 111 cm³/mol. The summed E-state index contributed by atoms with van der Waals surface area (Å²) < 4.78 is 11.4. The first-order valence-corrected chi connectivity index (χ1v) is 10.1. The molecule has 0 aliphatic heterocycles. The second-order valence-electron chi connectivity index (χ2n) is 6.24. The fraction of sp³-hybridized carbons (Fsp3) is 0.227. The van der Waals surface area contributed by atoms with Gasteiger partial charge in [0.15, 0.2) is 5.76 Å². The molecule has 3 rings (SSSR count). The van der Waals surface area contributed by atoms with E-state index in [4.69, 9.17) is 9.15 Å². The van der Waals surface area contributed by atoms with E-state index in [1.54, 1.807) is 29.8 Å². The topological polar surface area (TPSA) is 42.7 Å². The molecule has 1 amide bonds. The second kappa shape index (κ2) is 8.82. The zero-order valence-electron chi connectivity index (χ0n) is 15.6. The van der Waals surface area contributed by atoms with Crippen LogP contribution in [0.25, 0.3) is 11.0 Å². The summed E-state index contributed by atoms with van der Waals surface area (Å²) >= 11 is 1.68. The van der Waals surface area contributed by atoms with Crippen molar-refractivity contribution < 1.29 is 13.9 Å².